The van der Waals surface area contributed by atoms with Crippen LogP contribution in [0.15, 0.2) is 24.3 Å². The highest BCUT2D eigenvalue weighted by Gasteiger charge is 2.02. The molecule has 0 atom stereocenters. The molecule has 0 aromatic heterocycles. The van der Waals surface area contributed by atoms with E-state index in [1.54, 1.807) is 0 Å². The van der Waals surface area contributed by atoms with Gasteiger partial charge in [-0.05, 0) is 43.7 Å². The SMILES string of the molecule is NC(=O)c1ccc(C(N)=O)cc1.NCCCCCCCCCCCC(N)=O. The molecule has 0 spiro atoms. The van der Waals surface area contributed by atoms with Gasteiger partial charge in [0.05, 0.1) is 0 Å². The molecule has 0 aliphatic rings. The van der Waals surface area contributed by atoms with Crippen LogP contribution in [0.2, 0.25) is 0 Å². The second kappa shape index (κ2) is 15.8. The van der Waals surface area contributed by atoms with Crippen LogP contribution in [0.1, 0.15) is 84.9 Å². The van der Waals surface area contributed by atoms with Gasteiger partial charge in [-0.15, -0.1) is 0 Å². The number of primary amides is 3. The number of carbonyl (C=O) groups is 3. The average Bonchev–Trinajstić information content (AvgIpc) is 2.63. The average molecular weight is 379 g/mol. The lowest BCUT2D eigenvalue weighted by Gasteiger charge is -2.01. The van der Waals surface area contributed by atoms with Gasteiger partial charge in [-0.1, -0.05) is 44.9 Å². The molecule has 0 radical (unpaired) electrons. The van der Waals surface area contributed by atoms with Crippen LogP contribution in [0.3, 0.4) is 0 Å². The number of rotatable bonds is 13. The minimum Gasteiger partial charge on any atom is -0.370 e. The molecule has 27 heavy (non-hydrogen) atoms. The summed E-state index contributed by atoms with van der Waals surface area (Å²) in [5, 5.41) is 0. The van der Waals surface area contributed by atoms with Crippen molar-refractivity contribution in [3.05, 3.63) is 35.4 Å². The number of hydrogen-bond donors (Lipinski definition) is 4. The van der Waals surface area contributed by atoms with E-state index in [1.807, 2.05) is 0 Å². The van der Waals surface area contributed by atoms with Crippen LogP contribution in [0.25, 0.3) is 0 Å². The quantitative estimate of drug-likeness (QED) is 0.388. The van der Waals surface area contributed by atoms with Gasteiger partial charge in [0.2, 0.25) is 17.7 Å². The van der Waals surface area contributed by atoms with Gasteiger partial charge in [0.15, 0.2) is 0 Å². The number of carbonyl (C=O) groups excluding carboxylic acids is 3. The van der Waals surface area contributed by atoms with Gasteiger partial charge < -0.3 is 22.9 Å². The highest BCUT2D eigenvalue weighted by Crippen LogP contribution is 2.10. The summed E-state index contributed by atoms with van der Waals surface area (Å²) in [7, 11) is 0. The summed E-state index contributed by atoms with van der Waals surface area (Å²) in [6.45, 7) is 0.827. The molecule has 152 valence electrons. The Labute approximate surface area is 161 Å². The van der Waals surface area contributed by atoms with Crippen molar-refractivity contribution in [3.8, 4) is 0 Å². The second-order valence-electron chi connectivity index (χ2n) is 6.49. The van der Waals surface area contributed by atoms with Gasteiger partial charge in [-0.25, -0.2) is 0 Å². The molecule has 0 saturated heterocycles. The summed E-state index contributed by atoms with van der Waals surface area (Å²) in [4.78, 5) is 31.6. The zero-order chi connectivity index (χ0) is 20.5. The fraction of sp³-hybridized carbons (Fsp3) is 0.550. The van der Waals surface area contributed by atoms with Gasteiger partial charge in [0.1, 0.15) is 0 Å². The summed E-state index contributed by atoms with van der Waals surface area (Å²) < 4.78 is 0. The smallest absolute Gasteiger partial charge is 0.248 e. The molecule has 7 nitrogen and oxygen atoms in total. The van der Waals surface area contributed by atoms with E-state index in [9.17, 15) is 14.4 Å². The van der Waals surface area contributed by atoms with Gasteiger partial charge in [-0.3, -0.25) is 14.4 Å². The highest BCUT2D eigenvalue weighted by molar-refractivity contribution is 5.96. The van der Waals surface area contributed by atoms with Crippen LogP contribution in [-0.2, 0) is 4.79 Å². The molecule has 0 fully saturated rings. The molecule has 0 aliphatic carbocycles. The molecular weight excluding hydrogens is 344 g/mol. The predicted molar refractivity (Wildman–Crippen MR) is 108 cm³/mol. The Morgan fingerprint density at radius 1 is 0.593 bits per heavy atom. The van der Waals surface area contributed by atoms with Crippen LogP contribution in [0.5, 0.6) is 0 Å². The van der Waals surface area contributed by atoms with Crippen LogP contribution >= 0.6 is 0 Å². The summed E-state index contributed by atoms with van der Waals surface area (Å²) >= 11 is 0. The van der Waals surface area contributed by atoms with Crippen molar-refractivity contribution in [2.75, 3.05) is 6.54 Å². The molecule has 0 bridgehead atoms. The van der Waals surface area contributed by atoms with Crippen LogP contribution in [0.4, 0.5) is 0 Å². The molecule has 3 amide bonds. The van der Waals surface area contributed by atoms with Crippen molar-refractivity contribution in [1.29, 1.82) is 0 Å². The van der Waals surface area contributed by atoms with Crippen molar-refractivity contribution in [3.63, 3.8) is 0 Å². The van der Waals surface area contributed by atoms with E-state index < -0.39 is 11.8 Å². The Kier molecular flexibility index (Phi) is 14.4. The molecule has 1 aromatic rings. The maximum absolute atomic E-state index is 10.6. The lowest BCUT2D eigenvalue weighted by molar-refractivity contribution is -0.118. The molecule has 8 N–H and O–H groups in total. The Balaban J connectivity index is 0.000000511. The number of hydrogen-bond acceptors (Lipinski definition) is 4. The van der Waals surface area contributed by atoms with E-state index in [4.69, 9.17) is 22.9 Å². The third-order valence-corrected chi connectivity index (χ3v) is 4.08. The largest absolute Gasteiger partial charge is 0.370 e. The Bertz CT molecular complexity index is 526. The van der Waals surface area contributed by atoms with E-state index in [0.29, 0.717) is 17.5 Å². The summed E-state index contributed by atoms with van der Waals surface area (Å²) in [5.74, 6) is -1.21. The topological polar surface area (TPSA) is 155 Å². The van der Waals surface area contributed by atoms with E-state index in [0.717, 1.165) is 19.4 Å². The summed E-state index contributed by atoms with van der Waals surface area (Å²) in [5.41, 5.74) is 21.2. The fourth-order valence-electron chi connectivity index (χ4n) is 2.48. The first kappa shape index (κ1) is 24.6. The number of benzene rings is 1. The monoisotopic (exact) mass is 378 g/mol. The minimum absolute atomic E-state index is 0.170. The van der Waals surface area contributed by atoms with E-state index in [-0.39, 0.29) is 5.91 Å². The first-order valence-electron chi connectivity index (χ1n) is 9.56. The number of amides is 3. The first-order chi connectivity index (χ1) is 12.9. The summed E-state index contributed by atoms with van der Waals surface area (Å²) in [6, 6.07) is 5.84. The van der Waals surface area contributed by atoms with Gasteiger partial charge in [0, 0.05) is 17.5 Å². The van der Waals surface area contributed by atoms with Crippen molar-refractivity contribution in [2.24, 2.45) is 22.9 Å². The number of unbranched alkanes of at least 4 members (excludes halogenated alkanes) is 8. The van der Waals surface area contributed by atoms with E-state index in [1.165, 1.54) is 69.2 Å². The van der Waals surface area contributed by atoms with E-state index in [2.05, 4.69) is 0 Å². The second-order valence-corrected chi connectivity index (χ2v) is 6.49. The Morgan fingerprint density at radius 3 is 1.22 bits per heavy atom. The van der Waals surface area contributed by atoms with E-state index >= 15 is 0 Å². The zero-order valence-electron chi connectivity index (χ0n) is 16.1. The fourth-order valence-corrected chi connectivity index (χ4v) is 2.48. The lowest BCUT2D eigenvalue weighted by Crippen LogP contribution is -2.13. The van der Waals surface area contributed by atoms with Crippen LogP contribution < -0.4 is 22.9 Å². The maximum atomic E-state index is 10.6. The van der Waals surface area contributed by atoms with Crippen LogP contribution in [0, 0.1) is 0 Å². The predicted octanol–water partition coefficient (Wildman–Crippen LogP) is 2.22. The van der Waals surface area contributed by atoms with Crippen molar-refractivity contribution < 1.29 is 14.4 Å². The molecule has 1 aromatic carbocycles. The first-order valence-corrected chi connectivity index (χ1v) is 9.56. The standard InChI is InChI=1S/C12H26N2O.C8H8N2O2/c13-11-9-7-5-3-1-2-4-6-8-10-12(14)15;9-7(11)5-1-2-6(4-3-5)8(10)12/h1-11,13H2,(H2,14,15);1-4H,(H2,9,11)(H2,10,12). The van der Waals surface area contributed by atoms with Crippen molar-refractivity contribution in [1.82, 2.24) is 0 Å². The Hall–Kier alpha value is -2.41. The van der Waals surface area contributed by atoms with Crippen molar-refractivity contribution in [2.45, 2.75) is 64.2 Å². The highest BCUT2D eigenvalue weighted by atomic mass is 16.1. The number of nitrogens with two attached hydrogens (primary N) is 4. The minimum atomic E-state index is -0.522. The zero-order valence-corrected chi connectivity index (χ0v) is 16.1. The third kappa shape index (κ3) is 14.4. The van der Waals surface area contributed by atoms with Crippen molar-refractivity contribution >= 4 is 17.7 Å². The molecule has 0 saturated carbocycles. The van der Waals surface area contributed by atoms with Gasteiger partial charge in [0.25, 0.3) is 0 Å². The Morgan fingerprint density at radius 2 is 0.926 bits per heavy atom. The third-order valence-electron chi connectivity index (χ3n) is 4.08. The molecule has 0 heterocycles. The normalized spacial score (nSPS) is 9.96. The molecular formula is C20H34N4O3. The summed E-state index contributed by atoms with van der Waals surface area (Å²) in [6.07, 6.45) is 11.6. The molecule has 1 rings (SSSR count). The molecule has 0 aliphatic heterocycles. The van der Waals surface area contributed by atoms with Crippen LogP contribution in [-0.4, -0.2) is 24.3 Å². The lowest BCUT2D eigenvalue weighted by atomic mass is 10.1. The molecule has 0 unspecified atom stereocenters. The van der Waals surface area contributed by atoms with Gasteiger partial charge >= 0.3 is 0 Å². The molecule has 7 heteroatoms. The maximum Gasteiger partial charge on any atom is 0.248 e. The van der Waals surface area contributed by atoms with Gasteiger partial charge in [-0.2, -0.15) is 0 Å².